The van der Waals surface area contributed by atoms with Gasteiger partial charge in [0.25, 0.3) is 0 Å². The second-order valence-electron chi connectivity index (χ2n) is 25.5. The largest absolute Gasteiger partial charge is 0.508 e. The van der Waals surface area contributed by atoms with E-state index in [0.717, 1.165) is 94.2 Å². The van der Waals surface area contributed by atoms with Crippen molar-refractivity contribution in [3.05, 3.63) is 159 Å². The molecule has 2 N–H and O–H groups in total. The molecule has 0 saturated heterocycles. The lowest BCUT2D eigenvalue weighted by Crippen LogP contribution is -2.12. The molecule has 0 bridgehead atoms. The van der Waals surface area contributed by atoms with Crippen molar-refractivity contribution >= 4 is 106 Å². The van der Waals surface area contributed by atoms with Crippen LogP contribution >= 0.6 is 39.5 Å². The topological polar surface area (TPSA) is 350 Å². The normalized spacial score (nSPS) is 10.2. The van der Waals surface area contributed by atoms with Gasteiger partial charge in [-0.3, -0.25) is 38.1 Å². The summed E-state index contributed by atoms with van der Waals surface area (Å²) in [6.45, 7) is 35.7. The van der Waals surface area contributed by atoms with Crippen molar-refractivity contribution in [3.63, 3.8) is 0 Å². The Hall–Kier alpha value is -8.96. The van der Waals surface area contributed by atoms with Gasteiger partial charge >= 0.3 is 55.4 Å². The summed E-state index contributed by atoms with van der Waals surface area (Å²) in [7, 11) is -1.59. The van der Waals surface area contributed by atoms with E-state index < -0.39 is 19.5 Å². The number of carbonyl (C=O) groups is 9. The van der Waals surface area contributed by atoms with Gasteiger partial charge in [-0.1, -0.05) is 100.0 Å². The maximum Gasteiger partial charge on any atom is 0.341 e. The van der Waals surface area contributed by atoms with Gasteiger partial charge in [-0.05, 0) is 244 Å². The van der Waals surface area contributed by atoms with Crippen molar-refractivity contribution < 1.29 is 129 Å². The molecule has 0 radical (unpaired) electrons. The first-order valence-electron chi connectivity index (χ1n) is 41.4. The molecule has 0 fully saturated rings. The Balaban J connectivity index is -0.000000674. The lowest BCUT2D eigenvalue weighted by molar-refractivity contribution is -0.144. The van der Waals surface area contributed by atoms with Gasteiger partial charge in [0.1, 0.15) is 34.9 Å². The Labute approximate surface area is 748 Å². The summed E-state index contributed by atoms with van der Waals surface area (Å²) in [5, 5.41) is 18.9. The van der Waals surface area contributed by atoms with Crippen molar-refractivity contribution in [2.24, 2.45) is 0 Å². The minimum Gasteiger partial charge on any atom is -0.508 e. The van der Waals surface area contributed by atoms with Gasteiger partial charge in [-0.2, -0.15) is 0 Å². The highest BCUT2D eigenvalue weighted by molar-refractivity contribution is 9.09. The van der Waals surface area contributed by atoms with Crippen molar-refractivity contribution in [1.82, 2.24) is 0 Å². The number of hydrogen-bond donors (Lipinski definition) is 2. The molecule has 5 aromatic carbocycles. The quantitative estimate of drug-likeness (QED) is 0.00695. The number of methoxy groups -OCH3 is 1. The van der Waals surface area contributed by atoms with Crippen LogP contribution in [0.5, 0.6) is 28.7 Å². The molecule has 0 amide bonds. The summed E-state index contributed by atoms with van der Waals surface area (Å²) in [5.41, 5.74) is 9.56. The second-order valence-corrected chi connectivity index (χ2v) is 28.9. The first-order chi connectivity index (χ1) is 58.5. The summed E-state index contributed by atoms with van der Waals surface area (Å²) in [6.07, 6.45) is 14.9. The number of unbranched alkanes of at least 4 members (excludes halogenated alkanes) is 2. The van der Waals surface area contributed by atoms with Crippen LogP contribution in [0, 0.1) is 41.5 Å². The van der Waals surface area contributed by atoms with Gasteiger partial charge in [-0.15, -0.1) is 0 Å². The van der Waals surface area contributed by atoms with E-state index in [9.17, 15) is 47.7 Å². The van der Waals surface area contributed by atoms with E-state index in [1.807, 2.05) is 121 Å². The lowest BCUT2D eigenvalue weighted by atomic mass is 10.1. The van der Waals surface area contributed by atoms with Gasteiger partial charge in [0.15, 0.2) is 6.29 Å². The monoisotopic (exact) mass is 1880 g/mol. The number of aryl methyl sites for hydroxylation is 4. The molecule has 0 saturated carbocycles. The summed E-state index contributed by atoms with van der Waals surface area (Å²) < 4.78 is 87.5. The molecular formula is C93H141Br2O27P. The Morgan fingerprint density at radius 3 is 1.09 bits per heavy atom. The van der Waals surface area contributed by atoms with Crippen LogP contribution < -0.4 is 18.9 Å². The third-order valence-electron chi connectivity index (χ3n) is 15.9. The summed E-state index contributed by atoms with van der Waals surface area (Å²) in [4.78, 5) is 100. The molecule has 30 heteroatoms. The highest BCUT2D eigenvalue weighted by atomic mass is 79.9. The molecule has 0 aliphatic heterocycles. The minimum absolute atomic E-state index is 0. The number of ether oxygens (including phenoxy) is 13. The standard InChI is InChI=1S/C18H23BrO5.C18H24O5.C14H18O4.C14H20O3.C8H17O5P.C8H10O.C6H11BrO2.C6H14O2.CH4/c1-3-22-17(20)9-6-12-24-16-8-5-7-14(13-19)15(16)10-11-18(21)23-4-2;1-4-21-17(19)10-7-13-23-16-9-6-8-14(3)15(16)11-12-18(20)22-5-2;1-3-17-14(16)8-5-9-18-13-7-4-6-11(2)12(13)10-15;1-4-16-14(15)9-6-10-17-13-8-5-7-11(2)12(13)3;1-4-11-8(9)7-14(10,12-5-2)13-6-3;1-6-4-3-5-8(9)7(6)2;1-2-9-6(8)4-3-5-7;1-8-6-4-2-3-5-7;/h5,7-8,10-11H,3-4,6,9,12-13H2,1-2H3;6,8-9,11-12H,4-5,7,10,13H2,1-3H3;4,6-7,10H,3,5,8-9H2,1-2H3;5,7-8H,4,6,9-10H2,1-3H3;4-7H2,1-3H3;3-5,9H,1-2H3;2-5H2,1H3;7H,2-6H2,1H3;1H4/b11-10+;12-11+;;;;;;;. The fourth-order valence-corrected chi connectivity index (χ4v) is 11.9. The minimum atomic E-state index is -3.28. The number of alkyl halides is 2. The predicted molar refractivity (Wildman–Crippen MR) is 489 cm³/mol. The summed E-state index contributed by atoms with van der Waals surface area (Å²) in [5.74, 6) is 0.927. The fourth-order valence-electron chi connectivity index (χ4n) is 9.64. The summed E-state index contributed by atoms with van der Waals surface area (Å²) in [6, 6.07) is 28.3. The van der Waals surface area contributed by atoms with Gasteiger partial charge in [0, 0.05) is 86.4 Å². The molecule has 27 nitrogen and oxygen atoms in total. The van der Waals surface area contributed by atoms with Crippen LogP contribution in [0.3, 0.4) is 0 Å². The van der Waals surface area contributed by atoms with Crippen molar-refractivity contribution in [1.29, 1.82) is 0 Å². The maximum absolute atomic E-state index is 11.8. The molecule has 0 heterocycles. The van der Waals surface area contributed by atoms with Crippen LogP contribution in [0.25, 0.3) is 12.2 Å². The molecule has 123 heavy (non-hydrogen) atoms. The molecule has 0 atom stereocenters. The number of aliphatic hydroxyl groups excluding tert-OH is 1. The van der Waals surface area contributed by atoms with Crippen molar-refractivity contribution in [2.75, 3.05) is 124 Å². The number of aldehydes is 1. The zero-order valence-corrected chi connectivity index (χ0v) is 79.0. The number of aliphatic hydroxyl groups is 1. The number of phenols is 1. The number of rotatable bonds is 48. The third kappa shape index (κ3) is 62.7. The number of halogens is 2. The smallest absolute Gasteiger partial charge is 0.341 e. The fraction of sp³-hybridized carbons (Fsp3) is 0.538. The van der Waals surface area contributed by atoms with E-state index in [1.54, 1.807) is 86.8 Å². The van der Waals surface area contributed by atoms with Crippen LogP contribution in [0.4, 0.5) is 0 Å². The first-order valence-corrected chi connectivity index (χ1v) is 45.3. The zero-order valence-electron chi connectivity index (χ0n) is 75.0. The van der Waals surface area contributed by atoms with E-state index in [1.165, 1.54) is 17.7 Å². The molecular weight excluding hydrogens is 1740 g/mol. The average molecular weight is 1880 g/mol. The molecule has 0 aliphatic rings. The lowest BCUT2D eigenvalue weighted by Gasteiger charge is -2.15. The number of hydrogen-bond acceptors (Lipinski definition) is 27. The maximum atomic E-state index is 11.8. The second kappa shape index (κ2) is 80.2. The Kier molecular flexibility index (Phi) is 78.4. The molecule has 5 aromatic rings. The molecule has 0 aliphatic carbocycles. The highest BCUT2D eigenvalue weighted by Gasteiger charge is 2.28. The number of benzene rings is 5. The van der Waals surface area contributed by atoms with Crippen molar-refractivity contribution in [2.45, 2.75) is 207 Å². The van der Waals surface area contributed by atoms with Gasteiger partial charge < -0.3 is 80.8 Å². The third-order valence-corrected chi connectivity index (χ3v) is 19.0. The van der Waals surface area contributed by atoms with E-state index in [2.05, 4.69) is 54.3 Å². The van der Waals surface area contributed by atoms with Crippen molar-refractivity contribution in [3.8, 4) is 28.7 Å². The van der Waals surface area contributed by atoms with Gasteiger partial charge in [0.05, 0.1) is 98.1 Å². The molecule has 0 unspecified atom stereocenters. The molecule has 0 aromatic heterocycles. The Morgan fingerprint density at radius 2 is 0.724 bits per heavy atom. The Bertz CT molecular complexity index is 3770. The Morgan fingerprint density at radius 1 is 0.382 bits per heavy atom. The van der Waals surface area contributed by atoms with Crippen LogP contribution in [0.15, 0.2) is 103 Å². The summed E-state index contributed by atoms with van der Waals surface area (Å²) >= 11 is 6.65. The predicted octanol–water partition coefficient (Wildman–Crippen LogP) is 19.7. The van der Waals surface area contributed by atoms with Gasteiger partial charge in [-0.25, -0.2) is 9.59 Å². The van der Waals surface area contributed by atoms with Gasteiger partial charge in [0.2, 0.25) is 0 Å². The number of carbonyl (C=O) groups excluding carboxylic acids is 9. The molecule has 5 rings (SSSR count). The molecule has 0 spiro atoms. The highest BCUT2D eigenvalue weighted by Crippen LogP contribution is 2.47. The van der Waals surface area contributed by atoms with Crippen LogP contribution in [-0.4, -0.2) is 189 Å². The number of aromatic hydroxyl groups is 1. The number of phenolic OH excluding ortho intramolecular Hbond substituents is 1. The van der Waals surface area contributed by atoms with E-state index in [-0.39, 0.29) is 69.2 Å². The van der Waals surface area contributed by atoms with E-state index >= 15 is 0 Å². The first kappa shape index (κ1) is 120. The molecule has 694 valence electrons. The van der Waals surface area contributed by atoms with E-state index in [4.69, 9.17) is 71.4 Å². The van der Waals surface area contributed by atoms with Crippen LogP contribution in [0.1, 0.15) is 221 Å². The SMILES string of the molecule is C.CCOC(=O)/C=C/c1c(C)cccc1OCCCC(=O)OCC.CCOC(=O)/C=C/c1c(CBr)cccc1OCCCC(=O)OCC.CCOC(=O)CCCBr.CCOC(=O)CCCOc1cccc(C)c1C.CCOC(=O)CCCOc1cccc(C)c1C=O.CCOC(=O)CP(=O)(OCC)OCC.COCCCCCO.Cc1cccc(O)c1C. The van der Waals surface area contributed by atoms with Crippen LogP contribution in [-0.2, 0) is 99.9 Å². The van der Waals surface area contributed by atoms with Crippen LogP contribution in [0.2, 0.25) is 0 Å². The number of esters is 8. The van der Waals surface area contributed by atoms with E-state index in [0.29, 0.717) is 171 Å². The average Bonchev–Trinajstić information content (AvgIpc) is 0.867. The zero-order chi connectivity index (χ0) is 92.2.